The molecule has 1 nitrogen and oxygen atoms in total. The van der Waals surface area contributed by atoms with Crippen LogP contribution in [0.2, 0.25) is 5.02 Å². The van der Waals surface area contributed by atoms with E-state index in [2.05, 4.69) is 23.3 Å². The fraction of sp³-hybridized carbons (Fsp3) is 0.250. The first-order valence-electron chi connectivity index (χ1n) is 6.28. The monoisotopic (exact) mass is 322 g/mol. The highest BCUT2D eigenvalue weighted by Gasteiger charge is 2.04. The minimum Gasteiger partial charge on any atom is -0.395 e. The molecule has 0 aliphatic carbocycles. The van der Waals surface area contributed by atoms with E-state index in [0.717, 1.165) is 22.1 Å². The summed E-state index contributed by atoms with van der Waals surface area (Å²) in [7, 11) is 0. The smallest absolute Gasteiger partial charge is 0.0540 e. The fourth-order valence-corrected chi connectivity index (χ4v) is 3.98. The minimum atomic E-state index is 0.119. The number of aliphatic hydroxyl groups excluding tert-OH is 1. The van der Waals surface area contributed by atoms with Crippen LogP contribution >= 0.6 is 34.7 Å². The SMILES string of the molecule is OCCC#Cc1ccsc1CSCc1ccccc1Cl. The summed E-state index contributed by atoms with van der Waals surface area (Å²) >= 11 is 9.71. The van der Waals surface area contributed by atoms with E-state index < -0.39 is 0 Å². The second kappa shape index (κ2) is 8.39. The van der Waals surface area contributed by atoms with Gasteiger partial charge in [-0.3, -0.25) is 0 Å². The average Bonchev–Trinajstić information content (AvgIpc) is 2.89. The number of benzene rings is 1. The van der Waals surface area contributed by atoms with E-state index in [9.17, 15) is 0 Å². The molecular weight excluding hydrogens is 308 g/mol. The van der Waals surface area contributed by atoms with Gasteiger partial charge in [0.15, 0.2) is 0 Å². The lowest BCUT2D eigenvalue weighted by molar-refractivity contribution is 0.305. The minimum absolute atomic E-state index is 0.119. The maximum absolute atomic E-state index is 8.74. The highest BCUT2D eigenvalue weighted by Crippen LogP contribution is 2.26. The molecule has 20 heavy (non-hydrogen) atoms. The van der Waals surface area contributed by atoms with Crippen molar-refractivity contribution in [2.45, 2.75) is 17.9 Å². The van der Waals surface area contributed by atoms with Gasteiger partial charge in [0, 0.05) is 33.4 Å². The van der Waals surface area contributed by atoms with Crippen LogP contribution in [0.4, 0.5) is 0 Å². The van der Waals surface area contributed by atoms with Crippen molar-refractivity contribution in [3.63, 3.8) is 0 Å². The van der Waals surface area contributed by atoms with Crippen LogP contribution in [0, 0.1) is 11.8 Å². The van der Waals surface area contributed by atoms with Crippen molar-refractivity contribution in [2.75, 3.05) is 6.61 Å². The van der Waals surface area contributed by atoms with Gasteiger partial charge in [-0.15, -0.1) is 11.3 Å². The lowest BCUT2D eigenvalue weighted by Gasteiger charge is -2.03. The van der Waals surface area contributed by atoms with E-state index in [1.165, 1.54) is 10.4 Å². The van der Waals surface area contributed by atoms with E-state index in [-0.39, 0.29) is 6.61 Å². The highest BCUT2D eigenvalue weighted by atomic mass is 35.5. The molecule has 0 spiro atoms. The third-order valence-corrected chi connectivity index (χ3v) is 5.13. The first-order chi connectivity index (χ1) is 9.81. The standard InChI is InChI=1S/C16H15ClOS2/c17-15-7-2-1-6-14(15)11-19-12-16-13(8-10-20-16)5-3-4-9-18/h1-2,6-8,10,18H,4,9,11-12H2. The average molecular weight is 323 g/mol. The van der Waals surface area contributed by atoms with Gasteiger partial charge in [0.25, 0.3) is 0 Å². The number of hydrogen-bond acceptors (Lipinski definition) is 3. The maximum atomic E-state index is 8.74. The second-order valence-electron chi connectivity index (χ2n) is 4.12. The van der Waals surface area contributed by atoms with Crippen LogP contribution in [0.5, 0.6) is 0 Å². The molecule has 0 atom stereocenters. The van der Waals surface area contributed by atoms with Gasteiger partial charge in [-0.1, -0.05) is 41.6 Å². The molecule has 0 unspecified atom stereocenters. The Hall–Kier alpha value is -0.920. The molecule has 1 N–H and O–H groups in total. The molecule has 4 heteroatoms. The van der Waals surface area contributed by atoms with Gasteiger partial charge in [-0.25, -0.2) is 0 Å². The zero-order valence-electron chi connectivity index (χ0n) is 10.9. The van der Waals surface area contributed by atoms with E-state index in [0.29, 0.717) is 6.42 Å². The normalized spacial score (nSPS) is 10.1. The van der Waals surface area contributed by atoms with Gasteiger partial charge in [0.1, 0.15) is 0 Å². The summed E-state index contributed by atoms with van der Waals surface area (Å²) in [6.07, 6.45) is 0.530. The largest absolute Gasteiger partial charge is 0.395 e. The van der Waals surface area contributed by atoms with Crippen molar-refractivity contribution in [1.29, 1.82) is 0 Å². The third kappa shape index (κ3) is 4.57. The highest BCUT2D eigenvalue weighted by molar-refractivity contribution is 7.97. The van der Waals surface area contributed by atoms with Crippen LogP contribution < -0.4 is 0 Å². The molecule has 0 aliphatic rings. The fourth-order valence-electron chi connectivity index (χ4n) is 1.65. The van der Waals surface area contributed by atoms with Crippen LogP contribution in [0.15, 0.2) is 35.7 Å². The Labute approximate surface area is 133 Å². The zero-order valence-corrected chi connectivity index (χ0v) is 13.3. The van der Waals surface area contributed by atoms with E-state index in [1.807, 2.05) is 36.0 Å². The molecule has 1 aromatic carbocycles. The Morgan fingerprint density at radius 3 is 2.85 bits per heavy atom. The van der Waals surface area contributed by atoms with Crippen LogP contribution in [-0.4, -0.2) is 11.7 Å². The Kier molecular flexibility index (Phi) is 6.49. The third-order valence-electron chi connectivity index (χ3n) is 2.65. The molecule has 0 aliphatic heterocycles. The maximum Gasteiger partial charge on any atom is 0.0540 e. The first-order valence-corrected chi connectivity index (χ1v) is 8.69. The number of thioether (sulfide) groups is 1. The van der Waals surface area contributed by atoms with Gasteiger partial charge in [0.2, 0.25) is 0 Å². The summed E-state index contributed by atoms with van der Waals surface area (Å²) in [5.74, 6) is 7.93. The molecule has 104 valence electrons. The van der Waals surface area contributed by atoms with E-state index >= 15 is 0 Å². The van der Waals surface area contributed by atoms with Crippen molar-refractivity contribution in [3.8, 4) is 11.8 Å². The van der Waals surface area contributed by atoms with Crippen molar-refractivity contribution in [3.05, 3.63) is 56.7 Å². The van der Waals surface area contributed by atoms with Gasteiger partial charge in [-0.05, 0) is 23.1 Å². The summed E-state index contributed by atoms with van der Waals surface area (Å²) in [5, 5.41) is 11.6. The topological polar surface area (TPSA) is 20.2 Å². The molecular formula is C16H15ClOS2. The number of thiophene rings is 1. The summed E-state index contributed by atoms with van der Waals surface area (Å²) in [5.41, 5.74) is 2.25. The van der Waals surface area contributed by atoms with Crippen LogP contribution in [-0.2, 0) is 11.5 Å². The van der Waals surface area contributed by atoms with Crippen molar-refractivity contribution in [2.24, 2.45) is 0 Å². The number of aliphatic hydroxyl groups is 1. The predicted molar refractivity (Wildman–Crippen MR) is 89.4 cm³/mol. The van der Waals surface area contributed by atoms with E-state index in [1.54, 1.807) is 11.3 Å². The molecule has 1 aromatic heterocycles. The molecule has 2 rings (SSSR count). The lowest BCUT2D eigenvalue weighted by atomic mass is 10.2. The van der Waals surface area contributed by atoms with Crippen molar-refractivity contribution < 1.29 is 5.11 Å². The van der Waals surface area contributed by atoms with Gasteiger partial charge in [0.05, 0.1) is 6.61 Å². The first kappa shape index (κ1) is 15.5. The molecule has 0 fully saturated rings. The van der Waals surface area contributed by atoms with Crippen LogP contribution in [0.25, 0.3) is 0 Å². The molecule has 0 saturated heterocycles. The summed E-state index contributed by atoms with van der Waals surface area (Å²) in [6.45, 7) is 0.119. The van der Waals surface area contributed by atoms with Gasteiger partial charge < -0.3 is 5.11 Å². The van der Waals surface area contributed by atoms with Gasteiger partial charge >= 0.3 is 0 Å². The second-order valence-corrected chi connectivity index (χ2v) is 6.51. The quantitative estimate of drug-likeness (QED) is 0.814. The molecule has 0 bridgehead atoms. The van der Waals surface area contributed by atoms with Crippen LogP contribution in [0.1, 0.15) is 22.4 Å². The molecule has 1 heterocycles. The lowest BCUT2D eigenvalue weighted by Crippen LogP contribution is -1.85. The zero-order chi connectivity index (χ0) is 14.2. The molecule has 0 saturated carbocycles. The summed E-state index contributed by atoms with van der Waals surface area (Å²) < 4.78 is 0. The Balaban J connectivity index is 1.91. The number of rotatable bonds is 5. The van der Waals surface area contributed by atoms with Crippen molar-refractivity contribution in [1.82, 2.24) is 0 Å². The van der Waals surface area contributed by atoms with Crippen molar-refractivity contribution >= 4 is 34.7 Å². The summed E-state index contributed by atoms with van der Waals surface area (Å²) in [4.78, 5) is 1.28. The van der Waals surface area contributed by atoms with Gasteiger partial charge in [-0.2, -0.15) is 11.8 Å². The molecule has 0 amide bonds. The van der Waals surface area contributed by atoms with Crippen LogP contribution in [0.3, 0.4) is 0 Å². The molecule has 0 radical (unpaired) electrons. The Bertz CT molecular complexity index is 610. The molecule has 2 aromatic rings. The number of hydrogen-bond donors (Lipinski definition) is 1. The Morgan fingerprint density at radius 1 is 1.20 bits per heavy atom. The summed E-state index contributed by atoms with van der Waals surface area (Å²) in [6, 6.07) is 9.99. The Morgan fingerprint density at radius 2 is 2.05 bits per heavy atom. The number of halogens is 1. The van der Waals surface area contributed by atoms with E-state index in [4.69, 9.17) is 16.7 Å². The predicted octanol–water partition coefficient (Wildman–Crippen LogP) is 4.57.